The Morgan fingerprint density at radius 1 is 1.05 bits per heavy atom. The normalized spacial score (nSPS) is 10.1. The van der Waals surface area contributed by atoms with Crippen molar-refractivity contribution in [2.45, 2.75) is 0 Å². The van der Waals surface area contributed by atoms with Crippen LogP contribution in [0.1, 0.15) is 15.9 Å². The first-order chi connectivity index (χ1) is 9.63. The van der Waals surface area contributed by atoms with Crippen LogP contribution < -0.4 is 4.74 Å². The van der Waals surface area contributed by atoms with Gasteiger partial charge in [-0.2, -0.15) is 0 Å². The number of benzene rings is 2. The van der Waals surface area contributed by atoms with E-state index in [2.05, 4.69) is 0 Å². The summed E-state index contributed by atoms with van der Waals surface area (Å²) >= 11 is 5.36. The number of phenolic OH excluding ortho intramolecular Hbond substituents is 1. The zero-order valence-corrected chi connectivity index (χ0v) is 11.1. The summed E-state index contributed by atoms with van der Waals surface area (Å²) in [5.74, 6) is -1.92. The van der Waals surface area contributed by atoms with Gasteiger partial charge in [-0.05, 0) is 12.1 Å². The zero-order valence-electron chi connectivity index (χ0n) is 10.4. The van der Waals surface area contributed by atoms with Gasteiger partial charge in [0, 0.05) is 5.56 Å². The summed E-state index contributed by atoms with van der Waals surface area (Å²) < 4.78 is 4.93. The number of ether oxygens (including phenoxy) is 1. The quantitative estimate of drug-likeness (QED) is 0.407. The van der Waals surface area contributed by atoms with Crippen molar-refractivity contribution < 1.29 is 19.4 Å². The highest BCUT2D eigenvalue weighted by atomic mass is 35.5. The standard InChI is InChI=1S/C15H11ClO4/c16-9-13(18)20-15-11(7-4-8-12(15)17)14(19)10-5-2-1-3-6-10/h1-8,17H,9H2. The SMILES string of the molecule is O=C(CCl)Oc1c(O)cccc1C(=O)c1ccccc1. The van der Waals surface area contributed by atoms with E-state index < -0.39 is 5.97 Å². The molecule has 20 heavy (non-hydrogen) atoms. The lowest BCUT2D eigenvalue weighted by Crippen LogP contribution is -2.12. The molecule has 0 radical (unpaired) electrons. The van der Waals surface area contributed by atoms with E-state index in [0.29, 0.717) is 5.56 Å². The Hall–Kier alpha value is -2.33. The maximum atomic E-state index is 12.4. The maximum absolute atomic E-state index is 12.4. The molecule has 0 aliphatic heterocycles. The molecule has 0 saturated heterocycles. The van der Waals surface area contributed by atoms with E-state index in [4.69, 9.17) is 16.3 Å². The number of ketones is 1. The van der Waals surface area contributed by atoms with E-state index in [0.717, 1.165) is 0 Å². The summed E-state index contributed by atoms with van der Waals surface area (Å²) in [4.78, 5) is 23.6. The highest BCUT2D eigenvalue weighted by Gasteiger charge is 2.19. The average molecular weight is 291 g/mol. The molecule has 5 heteroatoms. The molecule has 0 saturated carbocycles. The summed E-state index contributed by atoms with van der Waals surface area (Å²) in [6.07, 6.45) is 0. The van der Waals surface area contributed by atoms with Crippen molar-refractivity contribution in [1.29, 1.82) is 0 Å². The number of hydrogen-bond acceptors (Lipinski definition) is 4. The van der Waals surface area contributed by atoms with Crippen LogP contribution in [0.3, 0.4) is 0 Å². The fraction of sp³-hybridized carbons (Fsp3) is 0.0667. The van der Waals surface area contributed by atoms with Crippen molar-refractivity contribution >= 4 is 23.4 Å². The third-order valence-electron chi connectivity index (χ3n) is 2.60. The Bertz CT molecular complexity index is 638. The molecular weight excluding hydrogens is 280 g/mol. The molecule has 2 aromatic rings. The second-order valence-electron chi connectivity index (χ2n) is 3.96. The van der Waals surface area contributed by atoms with E-state index >= 15 is 0 Å². The number of esters is 1. The van der Waals surface area contributed by atoms with Gasteiger partial charge in [-0.1, -0.05) is 36.4 Å². The van der Waals surface area contributed by atoms with E-state index in [-0.39, 0.29) is 28.7 Å². The number of aromatic hydroxyl groups is 1. The van der Waals surface area contributed by atoms with Crippen molar-refractivity contribution in [2.75, 3.05) is 5.88 Å². The number of carbonyl (C=O) groups is 2. The van der Waals surface area contributed by atoms with Gasteiger partial charge in [0.15, 0.2) is 17.3 Å². The molecule has 0 fully saturated rings. The summed E-state index contributed by atoms with van der Waals surface area (Å²) in [5.41, 5.74) is 0.538. The van der Waals surface area contributed by atoms with Gasteiger partial charge in [0.25, 0.3) is 0 Å². The van der Waals surface area contributed by atoms with Gasteiger partial charge < -0.3 is 9.84 Å². The minimum Gasteiger partial charge on any atom is -0.504 e. The molecule has 0 spiro atoms. The number of phenols is 1. The molecule has 0 unspecified atom stereocenters. The molecule has 0 aliphatic rings. The average Bonchev–Trinajstić information content (AvgIpc) is 2.49. The molecule has 1 N–H and O–H groups in total. The summed E-state index contributed by atoms with van der Waals surface area (Å²) in [7, 11) is 0. The third-order valence-corrected chi connectivity index (χ3v) is 2.82. The minimum atomic E-state index is -0.740. The largest absolute Gasteiger partial charge is 0.504 e. The first-order valence-electron chi connectivity index (χ1n) is 5.82. The first-order valence-corrected chi connectivity index (χ1v) is 6.35. The topological polar surface area (TPSA) is 63.6 Å². The Labute approximate surface area is 120 Å². The number of alkyl halides is 1. The highest BCUT2D eigenvalue weighted by Crippen LogP contribution is 2.31. The van der Waals surface area contributed by atoms with Crippen molar-refractivity contribution in [3.05, 3.63) is 59.7 Å². The predicted molar refractivity (Wildman–Crippen MR) is 74.3 cm³/mol. The molecule has 4 nitrogen and oxygen atoms in total. The van der Waals surface area contributed by atoms with Gasteiger partial charge in [0.1, 0.15) is 5.88 Å². The van der Waals surface area contributed by atoms with Crippen LogP contribution in [0.5, 0.6) is 11.5 Å². The highest BCUT2D eigenvalue weighted by molar-refractivity contribution is 6.26. The number of hydrogen-bond donors (Lipinski definition) is 1. The number of para-hydroxylation sites is 1. The van der Waals surface area contributed by atoms with Crippen LogP contribution in [0, 0.1) is 0 Å². The third kappa shape index (κ3) is 2.97. The number of carbonyl (C=O) groups excluding carboxylic acids is 2. The van der Waals surface area contributed by atoms with Crippen LogP contribution in [-0.2, 0) is 4.79 Å². The Morgan fingerprint density at radius 3 is 2.40 bits per heavy atom. The zero-order chi connectivity index (χ0) is 14.5. The van der Waals surface area contributed by atoms with Gasteiger partial charge in [0.05, 0.1) is 5.56 Å². The molecular formula is C15H11ClO4. The fourth-order valence-electron chi connectivity index (χ4n) is 1.70. The Morgan fingerprint density at radius 2 is 1.75 bits per heavy atom. The minimum absolute atomic E-state index is 0.106. The molecule has 0 atom stereocenters. The lowest BCUT2D eigenvalue weighted by atomic mass is 10.0. The van der Waals surface area contributed by atoms with Crippen LogP contribution in [0.25, 0.3) is 0 Å². The number of halogens is 1. The van der Waals surface area contributed by atoms with Gasteiger partial charge >= 0.3 is 5.97 Å². The fourth-order valence-corrected chi connectivity index (χ4v) is 1.75. The van der Waals surface area contributed by atoms with Crippen molar-refractivity contribution in [2.24, 2.45) is 0 Å². The Balaban J connectivity index is 2.44. The van der Waals surface area contributed by atoms with Crippen molar-refractivity contribution in [3.63, 3.8) is 0 Å². The molecule has 0 bridgehead atoms. The van der Waals surface area contributed by atoms with E-state index in [1.54, 1.807) is 30.3 Å². The monoisotopic (exact) mass is 290 g/mol. The van der Waals surface area contributed by atoms with Gasteiger partial charge in [-0.15, -0.1) is 11.6 Å². The molecule has 102 valence electrons. The molecule has 0 aliphatic carbocycles. The lowest BCUT2D eigenvalue weighted by Gasteiger charge is -2.10. The molecule has 0 aromatic heterocycles. The molecule has 2 rings (SSSR count). The van der Waals surface area contributed by atoms with Gasteiger partial charge in [-0.3, -0.25) is 9.59 Å². The van der Waals surface area contributed by atoms with Crippen LogP contribution in [0.15, 0.2) is 48.5 Å². The lowest BCUT2D eigenvalue weighted by molar-refractivity contribution is -0.131. The second-order valence-corrected chi connectivity index (χ2v) is 4.22. The number of rotatable bonds is 4. The van der Waals surface area contributed by atoms with Crippen LogP contribution in [-0.4, -0.2) is 22.7 Å². The second kappa shape index (κ2) is 6.21. The van der Waals surface area contributed by atoms with Gasteiger partial charge in [-0.25, -0.2) is 0 Å². The van der Waals surface area contributed by atoms with Crippen molar-refractivity contribution in [1.82, 2.24) is 0 Å². The van der Waals surface area contributed by atoms with Crippen LogP contribution in [0.4, 0.5) is 0 Å². The molecule has 0 heterocycles. The molecule has 2 aromatic carbocycles. The van der Waals surface area contributed by atoms with E-state index in [9.17, 15) is 14.7 Å². The Kier molecular flexibility index (Phi) is 4.38. The summed E-state index contributed by atoms with van der Waals surface area (Å²) in [6.45, 7) is 0. The summed E-state index contributed by atoms with van der Waals surface area (Å²) in [6, 6.07) is 12.8. The first kappa shape index (κ1) is 14.1. The van der Waals surface area contributed by atoms with Gasteiger partial charge in [0.2, 0.25) is 0 Å². The van der Waals surface area contributed by atoms with Crippen LogP contribution in [0.2, 0.25) is 0 Å². The predicted octanol–water partition coefficient (Wildman–Crippen LogP) is 2.77. The van der Waals surface area contributed by atoms with Crippen molar-refractivity contribution in [3.8, 4) is 11.5 Å². The molecule has 0 amide bonds. The van der Waals surface area contributed by atoms with Crippen LogP contribution >= 0.6 is 11.6 Å². The van der Waals surface area contributed by atoms with E-state index in [1.165, 1.54) is 18.2 Å². The maximum Gasteiger partial charge on any atom is 0.326 e. The van der Waals surface area contributed by atoms with E-state index in [1.807, 2.05) is 0 Å². The smallest absolute Gasteiger partial charge is 0.326 e. The summed E-state index contributed by atoms with van der Waals surface area (Å²) in [5, 5.41) is 9.76.